The lowest BCUT2D eigenvalue weighted by Crippen LogP contribution is -2.43. The fourth-order valence-corrected chi connectivity index (χ4v) is 3.66. The quantitative estimate of drug-likeness (QED) is 0.801. The van der Waals surface area contributed by atoms with Crippen molar-refractivity contribution in [1.29, 1.82) is 0 Å². The molecule has 0 bridgehead atoms. The van der Waals surface area contributed by atoms with Crippen LogP contribution in [0.3, 0.4) is 0 Å². The smallest absolute Gasteiger partial charge is 0.215 e. The number of thiophene rings is 1. The van der Waals surface area contributed by atoms with Gasteiger partial charge in [-0.25, -0.2) is 13.1 Å². The van der Waals surface area contributed by atoms with Gasteiger partial charge in [0.25, 0.3) is 0 Å². The van der Waals surface area contributed by atoms with E-state index in [0.29, 0.717) is 13.1 Å². The van der Waals surface area contributed by atoms with E-state index < -0.39 is 15.3 Å². The second-order valence-electron chi connectivity index (χ2n) is 5.10. The summed E-state index contributed by atoms with van der Waals surface area (Å²) in [5.41, 5.74) is -0.180. The first-order valence-corrected chi connectivity index (χ1v) is 8.39. The largest absolute Gasteiger partial charge is 0.318 e. The van der Waals surface area contributed by atoms with Crippen LogP contribution in [-0.2, 0) is 15.4 Å². The molecule has 0 aromatic carbocycles. The van der Waals surface area contributed by atoms with Crippen LogP contribution in [0.1, 0.15) is 25.6 Å². The van der Waals surface area contributed by atoms with Crippen molar-refractivity contribution in [3.05, 3.63) is 22.4 Å². The van der Waals surface area contributed by atoms with Gasteiger partial charge in [-0.1, -0.05) is 19.9 Å². The predicted molar refractivity (Wildman–Crippen MR) is 77.7 cm³/mol. The molecule has 0 fully saturated rings. The number of hydrogen-bond acceptors (Lipinski definition) is 4. The molecule has 1 heterocycles. The Labute approximate surface area is 114 Å². The minimum Gasteiger partial charge on any atom is -0.318 e. The van der Waals surface area contributed by atoms with Crippen molar-refractivity contribution in [2.24, 2.45) is 0 Å². The first-order valence-electron chi connectivity index (χ1n) is 5.96. The van der Waals surface area contributed by atoms with E-state index >= 15 is 0 Å². The van der Waals surface area contributed by atoms with Gasteiger partial charge in [-0.05, 0) is 25.4 Å². The monoisotopic (exact) mass is 290 g/mol. The van der Waals surface area contributed by atoms with Crippen molar-refractivity contribution in [3.8, 4) is 0 Å². The molecule has 0 radical (unpaired) electrons. The zero-order valence-corrected chi connectivity index (χ0v) is 13.0. The lowest BCUT2D eigenvalue weighted by atomic mass is 9.92. The standard InChI is InChI=1S/C12H22N2O2S2/c1-10(8-13-4)18(15,16)14-9-12(2,3)11-6-5-7-17-11/h5-7,10,13-14H,8-9H2,1-4H3. The van der Waals surface area contributed by atoms with Gasteiger partial charge in [0.05, 0.1) is 5.25 Å². The zero-order valence-electron chi connectivity index (χ0n) is 11.4. The van der Waals surface area contributed by atoms with E-state index in [9.17, 15) is 8.42 Å². The molecule has 0 saturated carbocycles. The van der Waals surface area contributed by atoms with Crippen molar-refractivity contribution < 1.29 is 8.42 Å². The Hall–Kier alpha value is -0.430. The minimum absolute atomic E-state index is 0.180. The molecule has 1 rings (SSSR count). The van der Waals surface area contributed by atoms with E-state index in [1.165, 1.54) is 4.88 Å². The van der Waals surface area contributed by atoms with Gasteiger partial charge in [0, 0.05) is 23.4 Å². The molecular formula is C12H22N2O2S2. The summed E-state index contributed by atoms with van der Waals surface area (Å²) in [6.07, 6.45) is 0. The Morgan fingerprint density at radius 2 is 2.11 bits per heavy atom. The summed E-state index contributed by atoms with van der Waals surface area (Å²) < 4.78 is 26.7. The molecule has 6 heteroatoms. The molecule has 0 aliphatic rings. The average molecular weight is 290 g/mol. The summed E-state index contributed by atoms with van der Waals surface area (Å²) in [5, 5.41) is 4.46. The molecule has 104 valence electrons. The van der Waals surface area contributed by atoms with Crippen LogP contribution in [0.15, 0.2) is 17.5 Å². The highest BCUT2D eigenvalue weighted by Gasteiger charge is 2.26. The van der Waals surface area contributed by atoms with Gasteiger partial charge >= 0.3 is 0 Å². The number of rotatable bonds is 7. The topological polar surface area (TPSA) is 58.2 Å². The maximum absolute atomic E-state index is 12.0. The molecule has 0 aliphatic heterocycles. The van der Waals surface area contributed by atoms with E-state index in [1.54, 1.807) is 25.3 Å². The van der Waals surface area contributed by atoms with Crippen molar-refractivity contribution in [3.63, 3.8) is 0 Å². The fourth-order valence-electron chi connectivity index (χ4n) is 1.57. The van der Waals surface area contributed by atoms with Crippen molar-refractivity contribution in [2.75, 3.05) is 20.1 Å². The molecule has 1 unspecified atom stereocenters. The van der Waals surface area contributed by atoms with Crippen LogP contribution in [0.2, 0.25) is 0 Å². The Morgan fingerprint density at radius 1 is 1.44 bits per heavy atom. The van der Waals surface area contributed by atoms with Gasteiger partial charge in [0.1, 0.15) is 0 Å². The average Bonchev–Trinajstić information content (AvgIpc) is 2.81. The van der Waals surface area contributed by atoms with E-state index in [2.05, 4.69) is 10.0 Å². The summed E-state index contributed by atoms with van der Waals surface area (Å²) in [7, 11) is -1.50. The second-order valence-corrected chi connectivity index (χ2v) is 8.23. The van der Waals surface area contributed by atoms with Crippen molar-refractivity contribution >= 4 is 21.4 Å². The summed E-state index contributed by atoms with van der Waals surface area (Å²) in [4.78, 5) is 1.19. The highest BCUT2D eigenvalue weighted by atomic mass is 32.2. The third-order valence-electron chi connectivity index (χ3n) is 2.92. The number of nitrogens with one attached hydrogen (secondary N) is 2. The highest BCUT2D eigenvalue weighted by molar-refractivity contribution is 7.90. The molecule has 1 aromatic rings. The van der Waals surface area contributed by atoms with Gasteiger partial charge < -0.3 is 5.32 Å². The summed E-state index contributed by atoms with van der Waals surface area (Å²) in [6.45, 7) is 6.67. The second kappa shape index (κ2) is 6.14. The zero-order chi connectivity index (χ0) is 13.8. The van der Waals surface area contributed by atoms with E-state index in [4.69, 9.17) is 0 Å². The number of sulfonamides is 1. The van der Waals surface area contributed by atoms with Crippen LogP contribution < -0.4 is 10.0 Å². The Balaban J connectivity index is 2.65. The van der Waals surface area contributed by atoms with Crippen LogP contribution in [0.25, 0.3) is 0 Å². The van der Waals surface area contributed by atoms with Crippen LogP contribution >= 0.6 is 11.3 Å². The van der Waals surface area contributed by atoms with E-state index in [0.717, 1.165) is 0 Å². The van der Waals surface area contributed by atoms with E-state index in [-0.39, 0.29) is 5.41 Å². The lowest BCUT2D eigenvalue weighted by molar-refractivity contribution is 0.503. The predicted octanol–water partition coefficient (Wildman–Crippen LogP) is 1.55. The van der Waals surface area contributed by atoms with Crippen LogP contribution in [0.5, 0.6) is 0 Å². The third-order valence-corrected chi connectivity index (χ3v) is 5.93. The lowest BCUT2D eigenvalue weighted by Gasteiger charge is -2.24. The van der Waals surface area contributed by atoms with E-state index in [1.807, 2.05) is 31.4 Å². The normalized spacial score (nSPS) is 14.7. The number of hydrogen-bond donors (Lipinski definition) is 2. The molecule has 0 aliphatic carbocycles. The van der Waals surface area contributed by atoms with Gasteiger partial charge in [0.2, 0.25) is 10.0 Å². The molecule has 18 heavy (non-hydrogen) atoms. The van der Waals surface area contributed by atoms with Crippen LogP contribution in [0, 0.1) is 0 Å². The summed E-state index contributed by atoms with van der Waals surface area (Å²) in [6, 6.07) is 4.02. The molecule has 0 amide bonds. The van der Waals surface area contributed by atoms with Gasteiger partial charge in [0.15, 0.2) is 0 Å². The Morgan fingerprint density at radius 3 is 2.61 bits per heavy atom. The molecule has 0 saturated heterocycles. The van der Waals surface area contributed by atoms with Gasteiger partial charge in [-0.2, -0.15) is 0 Å². The van der Waals surface area contributed by atoms with Gasteiger partial charge in [-0.15, -0.1) is 11.3 Å². The highest BCUT2D eigenvalue weighted by Crippen LogP contribution is 2.26. The maximum atomic E-state index is 12.0. The Bertz CT molecular complexity index is 452. The fraction of sp³-hybridized carbons (Fsp3) is 0.667. The molecule has 1 aromatic heterocycles. The van der Waals surface area contributed by atoms with Crippen LogP contribution in [-0.4, -0.2) is 33.8 Å². The molecular weight excluding hydrogens is 268 g/mol. The SMILES string of the molecule is CNCC(C)S(=O)(=O)NCC(C)(C)c1cccs1. The molecule has 0 spiro atoms. The Kier molecular flexibility index (Phi) is 5.33. The third kappa shape index (κ3) is 4.05. The summed E-state index contributed by atoms with van der Waals surface area (Å²) in [5.74, 6) is 0. The minimum atomic E-state index is -3.25. The first-order chi connectivity index (χ1) is 8.29. The van der Waals surface area contributed by atoms with Crippen LogP contribution in [0.4, 0.5) is 0 Å². The molecule has 1 atom stereocenters. The molecule has 2 N–H and O–H groups in total. The molecule has 4 nitrogen and oxygen atoms in total. The van der Waals surface area contributed by atoms with Gasteiger partial charge in [-0.3, -0.25) is 0 Å². The summed E-state index contributed by atoms with van der Waals surface area (Å²) >= 11 is 1.65. The van der Waals surface area contributed by atoms with Crippen molar-refractivity contribution in [2.45, 2.75) is 31.4 Å². The first kappa shape index (κ1) is 15.6. The maximum Gasteiger partial charge on any atom is 0.215 e. The van der Waals surface area contributed by atoms with Crippen molar-refractivity contribution in [1.82, 2.24) is 10.0 Å².